The van der Waals surface area contributed by atoms with E-state index in [0.717, 1.165) is 27.2 Å². The van der Waals surface area contributed by atoms with Crippen molar-refractivity contribution >= 4 is 27.9 Å². The Bertz CT molecular complexity index is 1030. The van der Waals surface area contributed by atoms with Crippen LogP contribution >= 0.6 is 11.3 Å². The number of benzene rings is 1. The van der Waals surface area contributed by atoms with Gasteiger partial charge in [0.25, 0.3) is 0 Å². The number of para-hydroxylation sites is 1. The first-order valence-corrected chi connectivity index (χ1v) is 8.23. The predicted octanol–water partition coefficient (Wildman–Crippen LogP) is 4.44. The zero-order valence-corrected chi connectivity index (χ0v) is 13.4. The van der Waals surface area contributed by atoms with E-state index in [0.29, 0.717) is 18.0 Å². The number of pyridine rings is 1. The van der Waals surface area contributed by atoms with E-state index in [4.69, 9.17) is 4.42 Å². The van der Waals surface area contributed by atoms with Gasteiger partial charge in [-0.1, -0.05) is 24.3 Å². The minimum Gasteiger partial charge on any atom is -0.443 e. The van der Waals surface area contributed by atoms with Gasteiger partial charge in [0.15, 0.2) is 0 Å². The van der Waals surface area contributed by atoms with Crippen LogP contribution in [0.5, 0.6) is 0 Å². The topological polar surface area (TPSA) is 74.7 Å². The monoisotopic (exact) mass is 332 g/mol. The molecule has 0 atom stereocenters. The minimum atomic E-state index is 0.470. The third-order valence-electron chi connectivity index (χ3n) is 3.63. The molecule has 0 bridgehead atoms. The Morgan fingerprint density at radius 1 is 1.21 bits per heavy atom. The Morgan fingerprint density at radius 3 is 2.96 bits per heavy atom. The largest absolute Gasteiger partial charge is 0.443 e. The maximum absolute atomic E-state index is 9.34. The molecule has 0 unspecified atom stereocenters. The Balaban J connectivity index is 1.62. The van der Waals surface area contributed by atoms with E-state index in [-0.39, 0.29) is 0 Å². The van der Waals surface area contributed by atoms with Gasteiger partial charge >= 0.3 is 0 Å². The van der Waals surface area contributed by atoms with Crippen molar-refractivity contribution in [1.82, 2.24) is 9.97 Å². The molecular weight excluding hydrogens is 320 g/mol. The molecule has 6 heteroatoms. The van der Waals surface area contributed by atoms with Gasteiger partial charge in [-0.15, -0.1) is 11.3 Å². The molecule has 0 amide bonds. The van der Waals surface area contributed by atoms with Gasteiger partial charge in [0.1, 0.15) is 12.3 Å². The fourth-order valence-corrected chi connectivity index (χ4v) is 3.15. The summed E-state index contributed by atoms with van der Waals surface area (Å²) in [5.41, 5.74) is 2.90. The van der Waals surface area contributed by atoms with Crippen LogP contribution in [-0.4, -0.2) is 9.97 Å². The first-order chi connectivity index (χ1) is 11.8. The summed E-state index contributed by atoms with van der Waals surface area (Å²) in [6.07, 6.45) is 3.22. The van der Waals surface area contributed by atoms with Crippen LogP contribution in [0.15, 0.2) is 58.7 Å². The van der Waals surface area contributed by atoms with Gasteiger partial charge < -0.3 is 9.73 Å². The van der Waals surface area contributed by atoms with Gasteiger partial charge in [-0.3, -0.25) is 4.98 Å². The fraction of sp³-hybridized carbons (Fsp3) is 0.0556. The summed E-state index contributed by atoms with van der Waals surface area (Å²) < 4.78 is 5.52. The first-order valence-electron chi connectivity index (χ1n) is 7.35. The molecule has 0 aliphatic rings. The van der Waals surface area contributed by atoms with Crippen LogP contribution in [-0.2, 0) is 6.54 Å². The second kappa shape index (κ2) is 6.14. The molecule has 1 aromatic carbocycles. The quantitative estimate of drug-likeness (QED) is 0.598. The molecule has 3 aromatic heterocycles. The molecule has 0 spiro atoms. The Kier molecular flexibility index (Phi) is 3.69. The van der Waals surface area contributed by atoms with E-state index in [9.17, 15) is 5.26 Å². The molecule has 0 saturated heterocycles. The highest BCUT2D eigenvalue weighted by Gasteiger charge is 2.11. The summed E-state index contributed by atoms with van der Waals surface area (Å²) >= 11 is 1.58. The number of fused-ring (bicyclic) bond motifs is 1. The highest BCUT2D eigenvalue weighted by molar-refractivity contribution is 7.13. The van der Waals surface area contributed by atoms with Crippen LogP contribution in [0, 0.1) is 11.3 Å². The number of nitrogens with one attached hydrogen (secondary N) is 1. The van der Waals surface area contributed by atoms with E-state index in [1.54, 1.807) is 23.8 Å². The van der Waals surface area contributed by atoms with Crippen molar-refractivity contribution in [3.05, 3.63) is 65.5 Å². The van der Waals surface area contributed by atoms with Crippen LogP contribution in [0.3, 0.4) is 0 Å². The fourth-order valence-electron chi connectivity index (χ4n) is 2.50. The van der Waals surface area contributed by atoms with Crippen LogP contribution in [0.4, 0.5) is 5.69 Å². The van der Waals surface area contributed by atoms with E-state index in [2.05, 4.69) is 21.4 Å². The van der Waals surface area contributed by atoms with Gasteiger partial charge in [0.2, 0.25) is 5.89 Å². The molecule has 24 heavy (non-hydrogen) atoms. The maximum Gasteiger partial charge on any atom is 0.236 e. The van der Waals surface area contributed by atoms with Crippen molar-refractivity contribution in [3.8, 4) is 16.8 Å². The zero-order valence-electron chi connectivity index (χ0n) is 12.6. The van der Waals surface area contributed by atoms with Gasteiger partial charge in [0.05, 0.1) is 33.9 Å². The standard InChI is InChI=1S/C18H12N4OS/c19-8-12-9-20-15-5-2-1-4-14(15)17(12)21-10-13-11-23-18(22-13)16-6-3-7-24-16/h1-7,9,11H,10H2,(H,20,21). The highest BCUT2D eigenvalue weighted by atomic mass is 32.1. The van der Waals surface area contributed by atoms with Crippen LogP contribution < -0.4 is 5.32 Å². The van der Waals surface area contributed by atoms with Crippen LogP contribution in [0.1, 0.15) is 11.3 Å². The van der Waals surface area contributed by atoms with Gasteiger partial charge in [-0.2, -0.15) is 5.26 Å². The summed E-state index contributed by atoms with van der Waals surface area (Å²) in [6.45, 7) is 0.470. The van der Waals surface area contributed by atoms with Crippen LogP contribution in [0.2, 0.25) is 0 Å². The number of nitriles is 1. The second-order valence-corrected chi connectivity index (χ2v) is 6.10. The number of hydrogen-bond donors (Lipinski definition) is 1. The Labute approximate surface area is 142 Å². The molecule has 116 valence electrons. The molecule has 3 heterocycles. The number of anilines is 1. The van der Waals surface area contributed by atoms with Crippen molar-refractivity contribution in [2.45, 2.75) is 6.54 Å². The van der Waals surface area contributed by atoms with Gasteiger partial charge in [-0.25, -0.2) is 4.98 Å². The molecule has 0 aliphatic heterocycles. The molecule has 1 N–H and O–H groups in total. The first kappa shape index (κ1) is 14.4. The number of thiophene rings is 1. The molecule has 0 aliphatic carbocycles. The highest BCUT2D eigenvalue weighted by Crippen LogP contribution is 2.27. The summed E-state index contributed by atoms with van der Waals surface area (Å²) in [5.74, 6) is 0.613. The summed E-state index contributed by atoms with van der Waals surface area (Å²) in [5, 5.41) is 15.5. The smallest absolute Gasteiger partial charge is 0.236 e. The molecule has 0 radical (unpaired) electrons. The maximum atomic E-state index is 9.34. The number of rotatable bonds is 4. The number of nitrogens with zero attached hydrogens (tertiary/aromatic N) is 3. The van der Waals surface area contributed by atoms with Crippen molar-refractivity contribution in [2.75, 3.05) is 5.32 Å². The van der Waals surface area contributed by atoms with Crippen molar-refractivity contribution in [1.29, 1.82) is 5.26 Å². The van der Waals surface area contributed by atoms with E-state index in [1.165, 1.54) is 0 Å². The molecule has 4 rings (SSSR count). The van der Waals surface area contributed by atoms with Gasteiger partial charge in [-0.05, 0) is 17.5 Å². The van der Waals surface area contributed by atoms with Crippen molar-refractivity contribution in [2.24, 2.45) is 0 Å². The van der Waals surface area contributed by atoms with E-state index in [1.807, 2.05) is 41.8 Å². The summed E-state index contributed by atoms with van der Waals surface area (Å²) in [6, 6.07) is 13.8. The van der Waals surface area contributed by atoms with Crippen LogP contribution in [0.25, 0.3) is 21.7 Å². The molecular formula is C18H12N4OS. The number of hydrogen-bond acceptors (Lipinski definition) is 6. The third kappa shape index (κ3) is 2.62. The number of oxazole rings is 1. The molecule has 0 fully saturated rings. The molecule has 0 saturated carbocycles. The summed E-state index contributed by atoms with van der Waals surface area (Å²) in [7, 11) is 0. The minimum absolute atomic E-state index is 0.470. The Hall–Kier alpha value is -3.17. The zero-order chi connectivity index (χ0) is 16.4. The lowest BCUT2D eigenvalue weighted by Crippen LogP contribution is -2.03. The second-order valence-electron chi connectivity index (χ2n) is 5.15. The SMILES string of the molecule is N#Cc1cnc2ccccc2c1NCc1coc(-c2cccs2)n1. The predicted molar refractivity (Wildman–Crippen MR) is 93.6 cm³/mol. The van der Waals surface area contributed by atoms with Crippen molar-refractivity contribution < 1.29 is 4.42 Å². The van der Waals surface area contributed by atoms with E-state index < -0.39 is 0 Å². The molecule has 5 nitrogen and oxygen atoms in total. The van der Waals surface area contributed by atoms with E-state index >= 15 is 0 Å². The Morgan fingerprint density at radius 2 is 2.12 bits per heavy atom. The third-order valence-corrected chi connectivity index (χ3v) is 4.48. The lowest BCUT2D eigenvalue weighted by molar-refractivity contribution is 0.574. The summed E-state index contributed by atoms with van der Waals surface area (Å²) in [4.78, 5) is 9.79. The average Bonchev–Trinajstić information content (AvgIpc) is 3.30. The normalized spacial score (nSPS) is 10.6. The lowest BCUT2D eigenvalue weighted by Gasteiger charge is -2.09. The number of aromatic nitrogens is 2. The lowest BCUT2D eigenvalue weighted by atomic mass is 10.1. The molecule has 4 aromatic rings. The average molecular weight is 332 g/mol. The van der Waals surface area contributed by atoms with Gasteiger partial charge in [0, 0.05) is 11.6 Å². The van der Waals surface area contributed by atoms with Crippen molar-refractivity contribution in [3.63, 3.8) is 0 Å².